The first-order chi connectivity index (χ1) is 8.69. The largest absolute Gasteiger partial charge is 0.460 e. The number of hydrogen-bond donors (Lipinski definition) is 1. The van der Waals surface area contributed by atoms with Crippen molar-refractivity contribution < 1.29 is 9.13 Å². The highest BCUT2D eigenvalue weighted by Gasteiger charge is 2.15. The second-order valence-electron chi connectivity index (χ2n) is 3.83. The van der Waals surface area contributed by atoms with Crippen LogP contribution in [0.15, 0.2) is 6.07 Å². The summed E-state index contributed by atoms with van der Waals surface area (Å²) < 4.78 is 17.7. The van der Waals surface area contributed by atoms with E-state index in [2.05, 4.69) is 26.5 Å². The second-order valence-corrected chi connectivity index (χ2v) is 4.45. The molecule has 1 aromatic rings. The first kappa shape index (κ1) is 14.8. The SMILES string of the molecule is C#CCNc1c(CC)cc(P)c(CC)c1OCF. The number of hydrogen-bond acceptors (Lipinski definition) is 2. The minimum absolute atomic E-state index is 0.398. The van der Waals surface area contributed by atoms with Gasteiger partial charge in [-0.05, 0) is 29.8 Å². The van der Waals surface area contributed by atoms with Crippen LogP contribution in [0.5, 0.6) is 5.75 Å². The van der Waals surface area contributed by atoms with Gasteiger partial charge in [0.25, 0.3) is 0 Å². The molecule has 1 N–H and O–H groups in total. The van der Waals surface area contributed by atoms with E-state index in [0.717, 1.165) is 35.0 Å². The predicted octanol–water partition coefficient (Wildman–Crippen LogP) is 2.66. The molecular weight excluding hydrogens is 248 g/mol. The van der Waals surface area contributed by atoms with Gasteiger partial charge in [-0.25, -0.2) is 4.39 Å². The monoisotopic (exact) mass is 267 g/mol. The topological polar surface area (TPSA) is 21.3 Å². The molecule has 4 heteroatoms. The van der Waals surface area contributed by atoms with E-state index in [1.165, 1.54) is 0 Å². The maximum atomic E-state index is 12.6. The Balaban J connectivity index is 3.35. The Hall–Kier alpha value is -1.26. The average molecular weight is 267 g/mol. The molecule has 0 aliphatic heterocycles. The number of rotatable bonds is 6. The zero-order valence-electron chi connectivity index (χ0n) is 10.8. The molecule has 0 aromatic heterocycles. The van der Waals surface area contributed by atoms with E-state index in [1.54, 1.807) is 0 Å². The van der Waals surface area contributed by atoms with Crippen LogP contribution < -0.4 is 15.4 Å². The van der Waals surface area contributed by atoms with E-state index >= 15 is 0 Å². The molecule has 18 heavy (non-hydrogen) atoms. The molecule has 0 radical (unpaired) electrons. The summed E-state index contributed by atoms with van der Waals surface area (Å²) in [5, 5.41) is 4.18. The molecule has 0 saturated carbocycles. The molecule has 1 atom stereocenters. The van der Waals surface area contributed by atoms with Crippen molar-refractivity contribution in [3.63, 3.8) is 0 Å². The van der Waals surface area contributed by atoms with Crippen molar-refractivity contribution in [1.82, 2.24) is 0 Å². The van der Waals surface area contributed by atoms with Crippen molar-refractivity contribution in [3.8, 4) is 18.1 Å². The van der Waals surface area contributed by atoms with Crippen LogP contribution in [0.1, 0.15) is 25.0 Å². The van der Waals surface area contributed by atoms with Gasteiger partial charge in [-0.15, -0.1) is 15.7 Å². The van der Waals surface area contributed by atoms with E-state index < -0.39 is 6.86 Å². The van der Waals surface area contributed by atoms with Crippen LogP contribution in [0.25, 0.3) is 0 Å². The van der Waals surface area contributed by atoms with Crippen molar-refractivity contribution in [1.29, 1.82) is 0 Å². The van der Waals surface area contributed by atoms with E-state index in [-0.39, 0.29) is 0 Å². The summed E-state index contributed by atoms with van der Waals surface area (Å²) >= 11 is 0. The van der Waals surface area contributed by atoms with Crippen LogP contribution in [-0.2, 0) is 12.8 Å². The van der Waals surface area contributed by atoms with Gasteiger partial charge in [-0.2, -0.15) is 0 Å². The molecule has 0 aliphatic rings. The molecule has 1 unspecified atom stereocenters. The number of terminal acetylenes is 1. The minimum Gasteiger partial charge on any atom is -0.460 e. The van der Waals surface area contributed by atoms with Crippen LogP contribution in [0.4, 0.5) is 10.1 Å². The van der Waals surface area contributed by atoms with Gasteiger partial charge in [0.05, 0.1) is 12.2 Å². The molecule has 1 rings (SSSR count). The van der Waals surface area contributed by atoms with Gasteiger partial charge in [0.15, 0.2) is 0 Å². The fraction of sp³-hybridized carbons (Fsp3) is 0.429. The quantitative estimate of drug-likeness (QED) is 0.632. The fourth-order valence-electron chi connectivity index (χ4n) is 1.97. The highest BCUT2D eigenvalue weighted by Crippen LogP contribution is 2.33. The number of halogens is 1. The number of benzene rings is 1. The van der Waals surface area contributed by atoms with Crippen molar-refractivity contribution in [2.45, 2.75) is 26.7 Å². The van der Waals surface area contributed by atoms with E-state index in [9.17, 15) is 4.39 Å². The maximum Gasteiger partial charge on any atom is 0.228 e. The maximum absolute atomic E-state index is 12.6. The number of anilines is 1. The highest BCUT2D eigenvalue weighted by atomic mass is 31.0. The van der Waals surface area contributed by atoms with Gasteiger partial charge in [0.1, 0.15) is 5.75 Å². The zero-order chi connectivity index (χ0) is 13.5. The van der Waals surface area contributed by atoms with Gasteiger partial charge in [0, 0.05) is 5.56 Å². The molecule has 0 saturated heterocycles. The molecule has 0 aliphatic carbocycles. The molecule has 0 spiro atoms. The zero-order valence-corrected chi connectivity index (χ0v) is 12.0. The lowest BCUT2D eigenvalue weighted by molar-refractivity contribution is 0.191. The lowest BCUT2D eigenvalue weighted by atomic mass is 10.0. The fourth-order valence-corrected chi connectivity index (χ4v) is 2.50. The van der Waals surface area contributed by atoms with Crippen LogP contribution in [0, 0.1) is 12.3 Å². The number of nitrogens with one attached hydrogen (secondary N) is 1. The van der Waals surface area contributed by atoms with Crippen molar-refractivity contribution in [3.05, 3.63) is 17.2 Å². The summed E-state index contributed by atoms with van der Waals surface area (Å²) in [5.41, 5.74) is 2.89. The molecule has 98 valence electrons. The van der Waals surface area contributed by atoms with Crippen LogP contribution in [-0.4, -0.2) is 13.4 Å². The molecule has 0 fully saturated rings. The molecular formula is C14H19FNOP. The van der Waals surface area contributed by atoms with Crippen molar-refractivity contribution >= 4 is 20.2 Å². The summed E-state index contributed by atoms with van der Waals surface area (Å²) in [6, 6.07) is 2.08. The molecule has 1 aromatic carbocycles. The molecule has 0 bridgehead atoms. The Kier molecular flexibility index (Phi) is 5.95. The highest BCUT2D eigenvalue weighted by molar-refractivity contribution is 7.27. The third-order valence-corrected chi connectivity index (χ3v) is 3.32. The normalized spacial score (nSPS) is 9.94. The Labute approximate surface area is 111 Å². The molecule has 2 nitrogen and oxygen atoms in total. The number of aryl methyl sites for hydroxylation is 1. The van der Waals surface area contributed by atoms with E-state index in [0.29, 0.717) is 12.3 Å². The first-order valence-corrected chi connectivity index (χ1v) is 6.57. The number of alkyl halides is 1. The summed E-state index contributed by atoms with van der Waals surface area (Å²) in [5.74, 6) is 3.11. The van der Waals surface area contributed by atoms with Crippen molar-refractivity contribution in [2.24, 2.45) is 0 Å². The Morgan fingerprint density at radius 2 is 2.17 bits per heavy atom. The summed E-state index contributed by atoms with van der Waals surface area (Å²) in [7, 11) is 2.68. The van der Waals surface area contributed by atoms with Gasteiger partial charge < -0.3 is 10.1 Å². The third kappa shape index (κ3) is 3.15. The Morgan fingerprint density at radius 1 is 1.44 bits per heavy atom. The van der Waals surface area contributed by atoms with Gasteiger partial charge in [-0.1, -0.05) is 19.8 Å². The average Bonchev–Trinajstić information content (AvgIpc) is 2.37. The summed E-state index contributed by atoms with van der Waals surface area (Å²) in [6.45, 7) is 3.62. The lowest BCUT2D eigenvalue weighted by Crippen LogP contribution is -2.13. The number of ether oxygens (including phenoxy) is 1. The van der Waals surface area contributed by atoms with Crippen LogP contribution >= 0.6 is 9.24 Å². The standard InChI is InChI=1S/C14H19FNOP/c1-4-7-16-13-10(5-2)8-12(18)11(6-3)14(13)17-9-15/h1,8,16H,5-7,9,18H2,2-3H3. The predicted molar refractivity (Wildman–Crippen MR) is 78.5 cm³/mol. The summed E-state index contributed by atoms with van der Waals surface area (Å²) in [6.07, 6.45) is 6.88. The lowest BCUT2D eigenvalue weighted by Gasteiger charge is -2.19. The van der Waals surface area contributed by atoms with Gasteiger partial charge in [-0.3, -0.25) is 0 Å². The molecule has 0 heterocycles. The smallest absolute Gasteiger partial charge is 0.228 e. The van der Waals surface area contributed by atoms with E-state index in [1.807, 2.05) is 13.8 Å². The van der Waals surface area contributed by atoms with Gasteiger partial charge in [0.2, 0.25) is 6.86 Å². The Morgan fingerprint density at radius 3 is 2.67 bits per heavy atom. The van der Waals surface area contributed by atoms with Gasteiger partial charge >= 0.3 is 0 Å². The second kappa shape index (κ2) is 7.24. The van der Waals surface area contributed by atoms with E-state index in [4.69, 9.17) is 11.2 Å². The summed E-state index contributed by atoms with van der Waals surface area (Å²) in [4.78, 5) is 0. The minimum atomic E-state index is -0.838. The van der Waals surface area contributed by atoms with Crippen LogP contribution in [0.3, 0.4) is 0 Å². The first-order valence-electron chi connectivity index (χ1n) is 5.99. The van der Waals surface area contributed by atoms with Crippen molar-refractivity contribution in [2.75, 3.05) is 18.7 Å². The van der Waals surface area contributed by atoms with Crippen LogP contribution in [0.2, 0.25) is 0 Å². The molecule has 0 amide bonds. The third-order valence-electron chi connectivity index (χ3n) is 2.80. The Bertz CT molecular complexity index is 454.